The highest BCUT2D eigenvalue weighted by atomic mass is 79.9. The normalized spacial score (nSPS) is 10.2. The molecule has 4 nitrogen and oxygen atoms in total. The Hall–Kier alpha value is -2.14. The van der Waals surface area contributed by atoms with E-state index in [9.17, 15) is 14.7 Å². The molecule has 0 saturated carbocycles. The molecule has 0 saturated heterocycles. The number of carboxylic acids is 1. The maximum atomic E-state index is 12.4. The standard InChI is InChI=1S/C16H14BrNO3/c1-9-4-3-5-10(2)14(9)15(19)18-13-8-11(17)6-7-12(13)16(20)21/h3-8H,1-2H3,(H,18,19)(H,20,21). The second-order valence-electron chi connectivity index (χ2n) is 4.72. The molecule has 0 heterocycles. The van der Waals surface area contributed by atoms with E-state index >= 15 is 0 Å². The summed E-state index contributed by atoms with van der Waals surface area (Å²) >= 11 is 3.28. The largest absolute Gasteiger partial charge is 0.478 e. The number of hydrogen-bond acceptors (Lipinski definition) is 2. The lowest BCUT2D eigenvalue weighted by Gasteiger charge is -2.12. The second kappa shape index (κ2) is 6.10. The third-order valence-electron chi connectivity index (χ3n) is 3.17. The minimum atomic E-state index is -1.08. The van der Waals surface area contributed by atoms with Gasteiger partial charge in [0.1, 0.15) is 0 Å². The number of benzene rings is 2. The molecule has 2 aromatic carbocycles. The van der Waals surface area contributed by atoms with Crippen LogP contribution in [0.15, 0.2) is 40.9 Å². The first-order chi connectivity index (χ1) is 9.90. The summed E-state index contributed by atoms with van der Waals surface area (Å²) in [5, 5.41) is 11.9. The first kappa shape index (κ1) is 15.3. The zero-order chi connectivity index (χ0) is 15.6. The van der Waals surface area contributed by atoms with Gasteiger partial charge in [-0.25, -0.2) is 4.79 Å². The van der Waals surface area contributed by atoms with E-state index in [1.807, 2.05) is 32.0 Å². The molecule has 5 heteroatoms. The molecule has 108 valence electrons. The van der Waals surface area contributed by atoms with Gasteiger partial charge < -0.3 is 10.4 Å². The second-order valence-corrected chi connectivity index (χ2v) is 5.63. The van der Waals surface area contributed by atoms with Crippen molar-refractivity contribution in [2.75, 3.05) is 5.32 Å². The minimum Gasteiger partial charge on any atom is -0.478 e. The van der Waals surface area contributed by atoms with E-state index in [1.54, 1.807) is 12.1 Å². The van der Waals surface area contributed by atoms with Crippen LogP contribution in [0.4, 0.5) is 5.69 Å². The summed E-state index contributed by atoms with van der Waals surface area (Å²) in [6, 6.07) is 10.2. The molecular formula is C16H14BrNO3. The summed E-state index contributed by atoms with van der Waals surface area (Å²) in [7, 11) is 0. The van der Waals surface area contributed by atoms with E-state index in [-0.39, 0.29) is 17.2 Å². The Morgan fingerprint density at radius 1 is 1.10 bits per heavy atom. The number of aryl methyl sites for hydroxylation is 2. The van der Waals surface area contributed by atoms with Crippen LogP contribution in [-0.2, 0) is 0 Å². The molecule has 2 N–H and O–H groups in total. The van der Waals surface area contributed by atoms with Gasteiger partial charge in [-0.05, 0) is 43.2 Å². The Balaban J connectivity index is 2.40. The topological polar surface area (TPSA) is 66.4 Å². The highest BCUT2D eigenvalue weighted by Crippen LogP contribution is 2.23. The van der Waals surface area contributed by atoms with Crippen molar-refractivity contribution in [3.8, 4) is 0 Å². The summed E-state index contributed by atoms with van der Waals surface area (Å²) in [6.45, 7) is 3.70. The smallest absolute Gasteiger partial charge is 0.337 e. The van der Waals surface area contributed by atoms with Gasteiger partial charge in [-0.2, -0.15) is 0 Å². The molecule has 0 spiro atoms. The molecule has 2 rings (SSSR count). The van der Waals surface area contributed by atoms with Crippen LogP contribution in [0.2, 0.25) is 0 Å². The number of carbonyl (C=O) groups excluding carboxylic acids is 1. The zero-order valence-corrected chi connectivity index (χ0v) is 13.2. The van der Waals surface area contributed by atoms with E-state index in [2.05, 4.69) is 21.2 Å². The predicted octanol–water partition coefficient (Wildman–Crippen LogP) is 4.02. The van der Waals surface area contributed by atoms with Crippen LogP contribution in [0.25, 0.3) is 0 Å². The van der Waals surface area contributed by atoms with E-state index in [4.69, 9.17) is 0 Å². The van der Waals surface area contributed by atoms with Crippen LogP contribution < -0.4 is 5.32 Å². The molecule has 0 aliphatic carbocycles. The van der Waals surface area contributed by atoms with Crippen molar-refractivity contribution in [3.05, 3.63) is 63.1 Å². The monoisotopic (exact) mass is 347 g/mol. The molecule has 1 amide bonds. The Morgan fingerprint density at radius 3 is 2.29 bits per heavy atom. The Morgan fingerprint density at radius 2 is 1.71 bits per heavy atom. The number of nitrogens with one attached hydrogen (secondary N) is 1. The predicted molar refractivity (Wildman–Crippen MR) is 85.0 cm³/mol. The van der Waals surface area contributed by atoms with Crippen LogP contribution >= 0.6 is 15.9 Å². The van der Waals surface area contributed by atoms with Crippen LogP contribution in [0.5, 0.6) is 0 Å². The van der Waals surface area contributed by atoms with Crippen LogP contribution in [-0.4, -0.2) is 17.0 Å². The SMILES string of the molecule is Cc1cccc(C)c1C(=O)Nc1cc(Br)ccc1C(=O)O. The van der Waals surface area contributed by atoms with E-state index in [0.29, 0.717) is 10.0 Å². The number of carbonyl (C=O) groups is 2. The number of halogens is 1. The molecule has 0 aromatic heterocycles. The molecule has 0 bridgehead atoms. The maximum absolute atomic E-state index is 12.4. The van der Waals surface area contributed by atoms with Crippen molar-refractivity contribution in [1.29, 1.82) is 0 Å². The fraction of sp³-hybridized carbons (Fsp3) is 0.125. The third kappa shape index (κ3) is 3.31. The molecule has 0 unspecified atom stereocenters. The lowest BCUT2D eigenvalue weighted by molar-refractivity contribution is 0.0698. The van der Waals surface area contributed by atoms with Crippen molar-refractivity contribution >= 4 is 33.5 Å². The first-order valence-corrected chi connectivity index (χ1v) is 7.10. The third-order valence-corrected chi connectivity index (χ3v) is 3.66. The molecule has 0 aliphatic heterocycles. The average molecular weight is 348 g/mol. The fourth-order valence-corrected chi connectivity index (χ4v) is 2.52. The first-order valence-electron chi connectivity index (χ1n) is 6.30. The lowest BCUT2D eigenvalue weighted by atomic mass is 10.0. The Labute approximate surface area is 130 Å². The van der Waals surface area contributed by atoms with E-state index in [0.717, 1.165) is 11.1 Å². The van der Waals surface area contributed by atoms with Gasteiger partial charge in [0.15, 0.2) is 0 Å². The van der Waals surface area contributed by atoms with Crippen LogP contribution in [0.1, 0.15) is 31.8 Å². The summed E-state index contributed by atoms with van der Waals surface area (Å²) < 4.78 is 0.698. The number of aromatic carboxylic acids is 1. The number of anilines is 1. The lowest BCUT2D eigenvalue weighted by Crippen LogP contribution is -2.17. The number of hydrogen-bond donors (Lipinski definition) is 2. The summed E-state index contributed by atoms with van der Waals surface area (Å²) in [6.07, 6.45) is 0. The molecule has 0 aliphatic rings. The minimum absolute atomic E-state index is 0.0535. The highest BCUT2D eigenvalue weighted by molar-refractivity contribution is 9.10. The van der Waals surface area contributed by atoms with Crippen molar-refractivity contribution in [2.24, 2.45) is 0 Å². The van der Waals surface area contributed by atoms with Crippen molar-refractivity contribution < 1.29 is 14.7 Å². The summed E-state index contributed by atoms with van der Waals surface area (Å²) in [4.78, 5) is 23.6. The van der Waals surface area contributed by atoms with Crippen molar-refractivity contribution in [2.45, 2.75) is 13.8 Å². The fourth-order valence-electron chi connectivity index (χ4n) is 2.16. The van der Waals surface area contributed by atoms with Crippen molar-refractivity contribution in [1.82, 2.24) is 0 Å². The average Bonchev–Trinajstić information content (AvgIpc) is 2.38. The van der Waals surface area contributed by atoms with Gasteiger partial charge >= 0.3 is 5.97 Å². The highest BCUT2D eigenvalue weighted by Gasteiger charge is 2.16. The van der Waals surface area contributed by atoms with Gasteiger partial charge in [-0.3, -0.25) is 4.79 Å². The number of carboxylic acid groups (broad SMARTS) is 1. The van der Waals surface area contributed by atoms with Gasteiger partial charge in [0, 0.05) is 10.0 Å². The van der Waals surface area contributed by atoms with Gasteiger partial charge in [-0.1, -0.05) is 34.1 Å². The van der Waals surface area contributed by atoms with Crippen molar-refractivity contribution in [3.63, 3.8) is 0 Å². The van der Waals surface area contributed by atoms with E-state index < -0.39 is 5.97 Å². The van der Waals surface area contributed by atoms with Gasteiger partial charge in [0.25, 0.3) is 5.91 Å². The maximum Gasteiger partial charge on any atom is 0.337 e. The Bertz CT molecular complexity index is 705. The van der Waals surface area contributed by atoms with E-state index in [1.165, 1.54) is 6.07 Å². The number of rotatable bonds is 3. The zero-order valence-electron chi connectivity index (χ0n) is 11.6. The van der Waals surface area contributed by atoms with Crippen LogP contribution in [0.3, 0.4) is 0 Å². The molecule has 0 radical (unpaired) electrons. The van der Waals surface area contributed by atoms with Crippen LogP contribution in [0, 0.1) is 13.8 Å². The van der Waals surface area contributed by atoms with Gasteiger partial charge in [-0.15, -0.1) is 0 Å². The summed E-state index contributed by atoms with van der Waals surface area (Å²) in [5.74, 6) is -1.40. The molecule has 21 heavy (non-hydrogen) atoms. The molecular weight excluding hydrogens is 334 g/mol. The van der Waals surface area contributed by atoms with Gasteiger partial charge in [0.05, 0.1) is 11.3 Å². The molecule has 0 fully saturated rings. The summed E-state index contributed by atoms with van der Waals surface area (Å²) in [5.41, 5.74) is 2.58. The number of amides is 1. The molecule has 2 aromatic rings. The quantitative estimate of drug-likeness (QED) is 0.881. The molecule has 0 atom stereocenters. The van der Waals surface area contributed by atoms with Gasteiger partial charge in [0.2, 0.25) is 0 Å². The Kier molecular flexibility index (Phi) is 4.43.